The quantitative estimate of drug-likeness (QED) is 0.753. The van der Waals surface area contributed by atoms with E-state index in [2.05, 4.69) is 14.3 Å². The van der Waals surface area contributed by atoms with Gasteiger partial charge in [-0.25, -0.2) is 9.97 Å². The Morgan fingerprint density at radius 2 is 2.15 bits per heavy atom. The van der Waals surface area contributed by atoms with Crippen LogP contribution in [0.2, 0.25) is 0 Å². The molecule has 1 aromatic heterocycles. The standard InChI is InChI=1S/C18H19F2N4OS/c1-11-7-9-24(11)17-21-15(14-6-8-18(19,20)16(14)22-17)12-4-3-5-13(10-12)23-26(2)25/h3-5,10-11H,6-9H2,1-2H3/q-1/t11-/m0/s1. The first-order chi connectivity index (χ1) is 12.3. The summed E-state index contributed by atoms with van der Waals surface area (Å²) in [5.41, 5.74) is 2.11. The number of alkyl halides is 2. The minimum absolute atomic E-state index is 0.155. The molecule has 26 heavy (non-hydrogen) atoms. The van der Waals surface area contributed by atoms with E-state index in [-0.39, 0.29) is 24.6 Å². The molecule has 2 aliphatic rings. The van der Waals surface area contributed by atoms with Crippen LogP contribution in [0.3, 0.4) is 0 Å². The monoisotopic (exact) mass is 377 g/mol. The van der Waals surface area contributed by atoms with E-state index >= 15 is 0 Å². The number of hydrogen-bond acceptors (Lipinski definition) is 6. The van der Waals surface area contributed by atoms with Gasteiger partial charge >= 0.3 is 0 Å². The number of nitrogens with zero attached hydrogens (tertiary/aromatic N) is 4. The highest BCUT2D eigenvalue weighted by molar-refractivity contribution is 7.74. The molecule has 0 bridgehead atoms. The predicted molar refractivity (Wildman–Crippen MR) is 97.2 cm³/mol. The summed E-state index contributed by atoms with van der Waals surface area (Å²) in [5, 5.41) is 0. The average molecular weight is 377 g/mol. The zero-order valence-electron chi connectivity index (χ0n) is 14.6. The van der Waals surface area contributed by atoms with Crippen LogP contribution in [0.25, 0.3) is 11.3 Å². The smallest absolute Gasteiger partial charge is 0.290 e. The molecule has 1 aromatic carbocycles. The van der Waals surface area contributed by atoms with E-state index in [9.17, 15) is 13.0 Å². The van der Waals surface area contributed by atoms with Crippen molar-refractivity contribution in [3.63, 3.8) is 0 Å². The normalized spacial score (nSPS) is 22.2. The van der Waals surface area contributed by atoms with Crippen molar-refractivity contribution >= 4 is 22.2 Å². The Bertz CT molecular complexity index is 956. The summed E-state index contributed by atoms with van der Waals surface area (Å²) in [6.45, 7) is 2.81. The summed E-state index contributed by atoms with van der Waals surface area (Å²) < 4.78 is 44.2. The molecule has 0 N–H and O–H groups in total. The first-order valence-electron chi connectivity index (χ1n) is 8.57. The van der Waals surface area contributed by atoms with E-state index in [1.807, 2.05) is 17.9 Å². The van der Waals surface area contributed by atoms with Crippen molar-refractivity contribution in [3.05, 3.63) is 35.5 Å². The first-order valence-corrected chi connectivity index (χ1v) is 10.1. The van der Waals surface area contributed by atoms with Crippen LogP contribution < -0.4 is 4.90 Å². The van der Waals surface area contributed by atoms with Gasteiger partial charge in [-0.2, -0.15) is 19.4 Å². The highest BCUT2D eigenvalue weighted by atomic mass is 32.2. The van der Waals surface area contributed by atoms with Gasteiger partial charge < -0.3 is 13.5 Å². The zero-order chi connectivity index (χ0) is 18.5. The SMILES string of the molecule is C[C@H]1CCN1c1nc(-c2cccc(N=[S-](C)=O)c2)c2c(n1)C(F)(F)CC2. The fourth-order valence-electron chi connectivity index (χ4n) is 3.45. The molecule has 1 aliphatic carbocycles. The van der Waals surface area contributed by atoms with Crippen molar-refractivity contribution < 1.29 is 13.0 Å². The Kier molecular flexibility index (Phi) is 4.17. The molecule has 4 rings (SSSR count). The topological polar surface area (TPSA) is 58.5 Å². The second kappa shape index (κ2) is 6.26. The van der Waals surface area contributed by atoms with Gasteiger partial charge in [-0.05, 0) is 31.9 Å². The molecule has 8 heteroatoms. The van der Waals surface area contributed by atoms with Gasteiger partial charge in [0.15, 0.2) is 0 Å². The molecule has 1 aliphatic heterocycles. The van der Waals surface area contributed by atoms with Crippen LogP contribution in [-0.2, 0) is 27.1 Å². The lowest BCUT2D eigenvalue weighted by molar-refractivity contribution is -0.00595. The number of halogens is 2. The minimum Gasteiger partial charge on any atom is -0.444 e. The lowest BCUT2D eigenvalue weighted by Gasteiger charge is -2.39. The van der Waals surface area contributed by atoms with Crippen LogP contribution in [0, 0.1) is 0 Å². The van der Waals surface area contributed by atoms with Gasteiger partial charge in [-0.3, -0.25) is 0 Å². The van der Waals surface area contributed by atoms with Crippen molar-refractivity contribution in [2.75, 3.05) is 17.7 Å². The Morgan fingerprint density at radius 3 is 2.81 bits per heavy atom. The van der Waals surface area contributed by atoms with E-state index in [4.69, 9.17) is 0 Å². The van der Waals surface area contributed by atoms with Gasteiger partial charge in [0.05, 0.1) is 5.69 Å². The highest BCUT2D eigenvalue weighted by Gasteiger charge is 2.44. The number of fused-ring (bicyclic) bond motifs is 1. The Hall–Kier alpha value is -2.09. The lowest BCUT2D eigenvalue weighted by atomic mass is 10.0. The van der Waals surface area contributed by atoms with E-state index in [1.165, 1.54) is 6.26 Å². The summed E-state index contributed by atoms with van der Waals surface area (Å²) in [4.78, 5) is 10.8. The van der Waals surface area contributed by atoms with Crippen LogP contribution in [0.4, 0.5) is 20.4 Å². The third-order valence-corrected chi connectivity index (χ3v) is 5.43. The molecule has 2 heterocycles. The van der Waals surface area contributed by atoms with Gasteiger partial charge in [-0.15, -0.1) is 6.26 Å². The molecule has 2 aromatic rings. The van der Waals surface area contributed by atoms with E-state index in [1.54, 1.807) is 18.2 Å². The summed E-state index contributed by atoms with van der Waals surface area (Å²) >= 11 is 0. The maximum atomic E-state index is 14.4. The van der Waals surface area contributed by atoms with Gasteiger partial charge in [0.1, 0.15) is 5.69 Å². The Morgan fingerprint density at radius 1 is 1.35 bits per heavy atom. The summed E-state index contributed by atoms with van der Waals surface area (Å²) in [5.74, 6) is -2.57. The van der Waals surface area contributed by atoms with Crippen LogP contribution in [0.5, 0.6) is 0 Å². The minimum atomic E-state index is -2.93. The fraction of sp³-hybridized carbons (Fsp3) is 0.444. The third kappa shape index (κ3) is 2.96. The number of aromatic nitrogens is 2. The van der Waals surface area contributed by atoms with Gasteiger partial charge in [0, 0.05) is 35.8 Å². The third-order valence-electron chi connectivity index (χ3n) is 4.96. The van der Waals surface area contributed by atoms with Crippen molar-refractivity contribution in [1.82, 2.24) is 9.97 Å². The van der Waals surface area contributed by atoms with Crippen LogP contribution in [0.1, 0.15) is 31.0 Å². The maximum absolute atomic E-state index is 14.4. The second-order valence-electron chi connectivity index (χ2n) is 6.80. The summed E-state index contributed by atoms with van der Waals surface area (Å²) in [6.07, 6.45) is 2.49. The number of rotatable bonds is 3. The largest absolute Gasteiger partial charge is 0.444 e. The van der Waals surface area contributed by atoms with Crippen molar-refractivity contribution in [1.29, 1.82) is 0 Å². The maximum Gasteiger partial charge on any atom is 0.290 e. The first kappa shape index (κ1) is 17.3. The van der Waals surface area contributed by atoms with Crippen LogP contribution >= 0.6 is 0 Å². The molecule has 1 saturated heterocycles. The van der Waals surface area contributed by atoms with E-state index < -0.39 is 16.5 Å². The Labute approximate surface area is 152 Å². The molecule has 1 atom stereocenters. The number of benzene rings is 1. The highest BCUT2D eigenvalue weighted by Crippen LogP contribution is 2.45. The van der Waals surface area contributed by atoms with Crippen LogP contribution in [0.15, 0.2) is 28.6 Å². The Balaban J connectivity index is 1.88. The fourth-order valence-corrected chi connectivity index (χ4v) is 3.86. The molecule has 138 valence electrons. The molecule has 0 unspecified atom stereocenters. The number of hydrogen-bond donors (Lipinski definition) is 0. The van der Waals surface area contributed by atoms with Gasteiger partial charge in [0.25, 0.3) is 5.92 Å². The zero-order valence-corrected chi connectivity index (χ0v) is 15.4. The molecule has 0 saturated carbocycles. The molecule has 0 radical (unpaired) electrons. The van der Waals surface area contributed by atoms with Crippen molar-refractivity contribution in [2.45, 2.75) is 38.2 Å². The molecule has 0 spiro atoms. The summed E-state index contributed by atoms with van der Waals surface area (Å²) in [6, 6.07) is 7.32. The molecule has 5 nitrogen and oxygen atoms in total. The second-order valence-corrected chi connectivity index (χ2v) is 7.83. The molecule has 0 amide bonds. The number of anilines is 1. The van der Waals surface area contributed by atoms with Gasteiger partial charge in [0.2, 0.25) is 5.95 Å². The summed E-state index contributed by atoms with van der Waals surface area (Å²) in [7, 11) is -1.34. The molecular weight excluding hydrogens is 358 g/mol. The molecular formula is C18H19F2N4OS-. The lowest BCUT2D eigenvalue weighted by Crippen LogP contribution is -2.47. The predicted octanol–water partition coefficient (Wildman–Crippen LogP) is 4.19. The van der Waals surface area contributed by atoms with Crippen molar-refractivity contribution in [3.8, 4) is 11.3 Å². The van der Waals surface area contributed by atoms with Crippen LogP contribution in [-0.4, -0.2) is 28.8 Å². The average Bonchev–Trinajstić information content (AvgIpc) is 2.88. The molecule has 1 fully saturated rings. The van der Waals surface area contributed by atoms with Crippen molar-refractivity contribution in [2.24, 2.45) is 4.36 Å². The van der Waals surface area contributed by atoms with Gasteiger partial charge in [-0.1, -0.05) is 12.1 Å². The van der Waals surface area contributed by atoms with E-state index in [0.717, 1.165) is 13.0 Å². The van der Waals surface area contributed by atoms with E-state index in [0.29, 0.717) is 28.5 Å².